The van der Waals surface area contributed by atoms with Gasteiger partial charge in [0.2, 0.25) is 0 Å². The highest BCUT2D eigenvalue weighted by Crippen LogP contribution is 2.56. The molecule has 7 aliphatic rings. The number of phenolic OH excluding ortho intramolecular Hbond substituents is 3. The van der Waals surface area contributed by atoms with Crippen LogP contribution < -0.4 is 15.5 Å². The fraction of sp³-hybridized carbons (Fsp3) is 0.583. The second-order valence-corrected chi connectivity index (χ2v) is 19.0. The van der Waals surface area contributed by atoms with Crippen molar-refractivity contribution in [2.24, 2.45) is 52.4 Å². The molecule has 9 rings (SSSR count). The molecule has 2 aromatic carbocycles. The summed E-state index contributed by atoms with van der Waals surface area (Å²) in [4.78, 5) is 40.8. The van der Waals surface area contributed by atoms with Crippen molar-refractivity contribution in [1.82, 2.24) is 5.43 Å². The average Bonchev–Trinajstić information content (AvgIpc) is 3.50. The third kappa shape index (κ3) is 8.39. The van der Waals surface area contributed by atoms with Gasteiger partial charge in [0.15, 0.2) is 5.75 Å². The van der Waals surface area contributed by atoms with E-state index in [1.54, 1.807) is 46.8 Å². The molecular weight excluding hydrogens is 811 g/mol. The number of hydrogen-bond donors (Lipinski definition) is 7. The van der Waals surface area contributed by atoms with Crippen LogP contribution in [0.1, 0.15) is 102 Å². The van der Waals surface area contributed by atoms with Crippen molar-refractivity contribution in [3.8, 4) is 23.0 Å². The Bertz CT molecular complexity index is 2240. The van der Waals surface area contributed by atoms with Gasteiger partial charge in [-0.3, -0.25) is 14.4 Å². The lowest BCUT2D eigenvalue weighted by molar-refractivity contribution is -0.160. The zero-order chi connectivity index (χ0) is 45.8. The number of fused-ring (bicyclic) bond motifs is 14. The first kappa shape index (κ1) is 45.9. The van der Waals surface area contributed by atoms with Crippen molar-refractivity contribution in [3.63, 3.8) is 0 Å². The van der Waals surface area contributed by atoms with Crippen LogP contribution in [-0.4, -0.2) is 92.8 Å². The minimum absolute atomic E-state index is 0.0662. The minimum atomic E-state index is -2.04. The van der Waals surface area contributed by atoms with Gasteiger partial charge in [0, 0.05) is 67.2 Å². The molecule has 9 bridgehead atoms. The van der Waals surface area contributed by atoms with Crippen molar-refractivity contribution >= 4 is 40.3 Å². The molecule has 0 spiro atoms. The molecule has 63 heavy (non-hydrogen) atoms. The number of anilines is 1. The van der Waals surface area contributed by atoms with Crippen LogP contribution in [0.3, 0.4) is 0 Å². The molecule has 15 heteroatoms. The topological polar surface area (TPSA) is 226 Å². The first-order valence-corrected chi connectivity index (χ1v) is 22.1. The van der Waals surface area contributed by atoms with Crippen LogP contribution >= 0.6 is 0 Å². The van der Waals surface area contributed by atoms with Gasteiger partial charge in [-0.05, 0) is 75.7 Å². The Hall–Kier alpha value is -5.12. The average molecular weight is 874 g/mol. The molecular formula is C48H63N3O12. The van der Waals surface area contributed by atoms with Crippen molar-refractivity contribution in [2.45, 2.75) is 124 Å². The molecule has 1 amide bonds. The number of aliphatic hydroxyl groups is 2. The number of Topliss-reactive ketones (excluding diaryl/α,β-unsaturated/α-hetero) is 1. The highest BCUT2D eigenvalue weighted by molar-refractivity contribution is 6.23. The number of allylic oxidation sites excluding steroid dienone is 2. The number of ketones is 1. The summed E-state index contributed by atoms with van der Waals surface area (Å²) in [6.45, 7) is 12.6. The van der Waals surface area contributed by atoms with E-state index >= 15 is 0 Å². The normalized spacial score (nSPS) is 35.8. The number of aromatic hydroxyl groups is 3. The van der Waals surface area contributed by atoms with E-state index in [4.69, 9.17) is 18.9 Å². The smallest absolute Gasteiger partial charge is 0.312 e. The number of ether oxygens (including phenoxy) is 4. The molecule has 15 nitrogen and oxygen atoms in total. The van der Waals surface area contributed by atoms with E-state index in [0.717, 1.165) is 37.5 Å². The van der Waals surface area contributed by atoms with Gasteiger partial charge in [-0.25, -0.2) is 0 Å². The SMILES string of the molecule is CO[C@@H]1C=CO[C@@]2(C)Oc3c(C)c(O)c4c(O)c(c(C=NNC5C6CC7CC(C6)CC5C7)c(O)c4c3C2=O)NC(=O)C(C)=CC=C[C@H](C)[C@H](O)[C@H](C)[C@H](O)[C@H](C)[C@@H](OC(C)=O)[C@H]1C. The molecule has 2 aromatic rings. The van der Waals surface area contributed by atoms with Crippen molar-refractivity contribution < 1.29 is 58.9 Å². The highest BCUT2D eigenvalue weighted by atomic mass is 16.7. The largest absolute Gasteiger partial charge is 0.507 e. The number of benzene rings is 2. The quantitative estimate of drug-likeness (QED) is 0.0561. The van der Waals surface area contributed by atoms with Crippen molar-refractivity contribution in [1.29, 1.82) is 0 Å². The number of carbonyl (C=O) groups is 3. The number of carbonyl (C=O) groups excluding carboxylic acids is 3. The van der Waals surface area contributed by atoms with Gasteiger partial charge in [0.1, 0.15) is 23.4 Å². The van der Waals surface area contributed by atoms with Crippen LogP contribution in [0, 0.1) is 54.3 Å². The van der Waals surface area contributed by atoms with Crippen molar-refractivity contribution in [3.05, 3.63) is 52.8 Å². The van der Waals surface area contributed by atoms with Gasteiger partial charge in [0.05, 0.1) is 53.0 Å². The minimum Gasteiger partial charge on any atom is -0.507 e. The number of nitrogens with zero attached hydrogens (tertiary/aromatic N) is 1. The molecule has 3 heterocycles. The number of hydrogen-bond acceptors (Lipinski definition) is 14. The molecule has 342 valence electrons. The summed E-state index contributed by atoms with van der Waals surface area (Å²) >= 11 is 0. The number of amides is 1. The molecule has 0 saturated heterocycles. The third-order valence-electron chi connectivity index (χ3n) is 14.7. The van der Waals surface area contributed by atoms with E-state index in [-0.39, 0.29) is 50.5 Å². The Balaban J connectivity index is 1.34. The van der Waals surface area contributed by atoms with Gasteiger partial charge in [0.25, 0.3) is 11.7 Å². The number of hydrazone groups is 1. The van der Waals surface area contributed by atoms with Gasteiger partial charge < -0.3 is 55.2 Å². The summed E-state index contributed by atoms with van der Waals surface area (Å²) in [5.74, 6) is -5.86. The zero-order valence-electron chi connectivity index (χ0n) is 37.5. The molecule has 4 aliphatic carbocycles. The second-order valence-electron chi connectivity index (χ2n) is 19.0. The Morgan fingerprint density at radius 1 is 0.905 bits per heavy atom. The summed E-state index contributed by atoms with van der Waals surface area (Å²) in [5.41, 5.74) is 3.05. The Morgan fingerprint density at radius 3 is 2.17 bits per heavy atom. The van der Waals surface area contributed by atoms with Crippen LogP contribution in [-0.2, 0) is 23.8 Å². The fourth-order valence-corrected chi connectivity index (χ4v) is 11.2. The van der Waals surface area contributed by atoms with Crippen LogP contribution in [0.2, 0.25) is 0 Å². The van der Waals surface area contributed by atoms with E-state index in [2.05, 4.69) is 15.8 Å². The van der Waals surface area contributed by atoms with E-state index in [0.29, 0.717) is 11.8 Å². The lowest BCUT2D eigenvalue weighted by atomic mass is 9.54. The third-order valence-corrected chi connectivity index (χ3v) is 14.7. The molecule has 7 N–H and O–H groups in total. The van der Waals surface area contributed by atoms with E-state index in [1.807, 2.05) is 0 Å². The lowest BCUT2D eigenvalue weighted by Crippen LogP contribution is -2.53. The van der Waals surface area contributed by atoms with Gasteiger partial charge in [-0.2, -0.15) is 5.10 Å². The van der Waals surface area contributed by atoms with Crippen LogP contribution in [0.15, 0.2) is 41.2 Å². The monoisotopic (exact) mass is 873 g/mol. The maximum atomic E-state index is 14.6. The maximum absolute atomic E-state index is 14.6. The summed E-state index contributed by atoms with van der Waals surface area (Å²) in [5, 5.41) is 65.7. The first-order valence-electron chi connectivity index (χ1n) is 22.1. The fourth-order valence-electron chi connectivity index (χ4n) is 11.2. The predicted octanol–water partition coefficient (Wildman–Crippen LogP) is 6.50. The number of phenols is 3. The summed E-state index contributed by atoms with van der Waals surface area (Å²) in [6, 6.07) is 0.120. The number of rotatable bonds is 5. The number of aliphatic hydroxyl groups excluding tert-OH is 2. The van der Waals surface area contributed by atoms with Crippen LogP contribution in [0.5, 0.6) is 23.0 Å². The number of nitrogens with one attached hydrogen (secondary N) is 2. The summed E-state index contributed by atoms with van der Waals surface area (Å²) < 4.78 is 23.7. The maximum Gasteiger partial charge on any atom is 0.312 e. The molecule has 9 atom stereocenters. The standard InChI is InChI=1S/C48H63N3O12/c1-21-11-10-12-22(2)47(59)50-38-32(20-49-51-37-30-16-28-15-29(18-30)19-31(37)17-28)42(56)34-35(43(38)57)41(55)26(6)45-36(34)46(58)48(8,63-45)61-14-13-33(60-9)23(3)44(62-27(7)52)25(5)40(54)24(4)39(21)53/h10-14,20-21,23-25,28-31,33,37,39-40,44,51,53-57H,15-19H2,1-9H3,(H,50,59)/t21-,23-,24-,25-,28?,29?,30?,31?,33+,37?,39-,40-,44-,48-/m0/s1. The van der Waals surface area contributed by atoms with E-state index < -0.39 is 88.8 Å². The molecule has 4 saturated carbocycles. The van der Waals surface area contributed by atoms with E-state index in [1.165, 1.54) is 58.9 Å². The van der Waals surface area contributed by atoms with Crippen LogP contribution in [0.25, 0.3) is 10.8 Å². The predicted molar refractivity (Wildman–Crippen MR) is 235 cm³/mol. The molecule has 3 aliphatic heterocycles. The molecule has 0 aromatic heterocycles. The first-order chi connectivity index (χ1) is 29.8. The second kappa shape index (κ2) is 17.8. The number of esters is 1. The summed E-state index contributed by atoms with van der Waals surface area (Å²) in [7, 11) is 1.45. The van der Waals surface area contributed by atoms with Crippen LogP contribution in [0.4, 0.5) is 5.69 Å². The van der Waals surface area contributed by atoms with Gasteiger partial charge in [-0.15, -0.1) is 0 Å². The lowest BCUT2D eigenvalue weighted by Gasteiger charge is -2.54. The van der Waals surface area contributed by atoms with Crippen molar-refractivity contribution in [2.75, 3.05) is 12.4 Å². The Morgan fingerprint density at radius 2 is 1.56 bits per heavy atom. The summed E-state index contributed by atoms with van der Waals surface area (Å²) in [6.07, 6.45) is 10.8. The molecule has 0 radical (unpaired) electrons. The number of methoxy groups -OCH3 is 1. The zero-order valence-corrected chi connectivity index (χ0v) is 37.5. The van der Waals surface area contributed by atoms with Gasteiger partial charge >= 0.3 is 11.8 Å². The Kier molecular flexibility index (Phi) is 13.0. The molecule has 0 unspecified atom stereocenters. The molecule has 4 fully saturated rings. The Labute approximate surface area is 368 Å². The highest BCUT2D eigenvalue weighted by Gasteiger charge is 2.51. The van der Waals surface area contributed by atoms with E-state index in [9.17, 15) is 39.9 Å². The van der Waals surface area contributed by atoms with Gasteiger partial charge in [-0.1, -0.05) is 45.9 Å².